The third kappa shape index (κ3) is 1.45. The molecule has 25 heavy (non-hydrogen) atoms. The Hall–Kier alpha value is -2.20. The standard InChI is InChI=1S/C21H20N2O2/c24-10-7-13-12-22-9-8-21-16-3-1-2-4-17(16)23-19(25)6-5-14(20(21)23)15(13)11-18(21)22/h1-5,7,10,15,18,20H,6,8-9,11-12H2/b13-7-/t15-,18-,20-,21+/m0/s1. The molecule has 5 aliphatic rings. The molecule has 4 atom stereocenters. The molecule has 4 nitrogen and oxygen atoms in total. The first-order valence-corrected chi connectivity index (χ1v) is 9.25. The second kappa shape index (κ2) is 4.50. The molecule has 0 aromatic heterocycles. The van der Waals surface area contributed by atoms with Crippen molar-refractivity contribution in [2.24, 2.45) is 5.92 Å². The average molecular weight is 332 g/mol. The average Bonchev–Trinajstić information content (AvgIpc) is 3.17. The fraction of sp³-hybridized carbons (Fsp3) is 0.429. The van der Waals surface area contributed by atoms with Gasteiger partial charge < -0.3 is 4.90 Å². The van der Waals surface area contributed by atoms with Gasteiger partial charge in [-0.15, -0.1) is 0 Å². The minimum Gasteiger partial charge on any atom is -0.304 e. The Morgan fingerprint density at radius 1 is 1.24 bits per heavy atom. The fourth-order valence-electron chi connectivity index (χ4n) is 6.55. The highest BCUT2D eigenvalue weighted by molar-refractivity contribution is 6.00. The highest BCUT2D eigenvalue weighted by Gasteiger charge is 2.67. The third-order valence-corrected chi connectivity index (χ3v) is 7.33. The molecule has 1 aromatic rings. The quantitative estimate of drug-likeness (QED) is 0.450. The van der Waals surface area contributed by atoms with E-state index < -0.39 is 0 Å². The first-order chi connectivity index (χ1) is 12.3. The maximum atomic E-state index is 12.9. The van der Waals surface area contributed by atoms with E-state index in [1.54, 1.807) is 6.08 Å². The summed E-state index contributed by atoms with van der Waals surface area (Å²) in [7, 11) is 0. The number of benzene rings is 1. The van der Waals surface area contributed by atoms with Gasteiger partial charge in [-0.25, -0.2) is 0 Å². The minimum absolute atomic E-state index is 0.0434. The van der Waals surface area contributed by atoms with Gasteiger partial charge in [0.15, 0.2) is 0 Å². The van der Waals surface area contributed by atoms with E-state index in [4.69, 9.17) is 0 Å². The number of hydrogen-bond donors (Lipinski definition) is 0. The van der Waals surface area contributed by atoms with Crippen LogP contribution in [0.25, 0.3) is 0 Å². The number of nitrogens with zero attached hydrogens (tertiary/aromatic N) is 2. The molecule has 1 spiro atoms. The molecular formula is C21H20N2O2. The molecule has 4 heteroatoms. The van der Waals surface area contributed by atoms with Crippen LogP contribution in [0.3, 0.4) is 0 Å². The maximum Gasteiger partial charge on any atom is 0.231 e. The lowest BCUT2D eigenvalue weighted by molar-refractivity contribution is -0.119. The topological polar surface area (TPSA) is 40.6 Å². The smallest absolute Gasteiger partial charge is 0.231 e. The summed E-state index contributed by atoms with van der Waals surface area (Å²) >= 11 is 0. The Bertz CT molecular complexity index is 886. The second-order valence-corrected chi connectivity index (χ2v) is 8.03. The number of fused-ring (bicyclic) bond motifs is 4. The van der Waals surface area contributed by atoms with Crippen molar-refractivity contribution in [3.8, 4) is 0 Å². The number of hydrogen-bond acceptors (Lipinski definition) is 3. The van der Waals surface area contributed by atoms with E-state index in [1.807, 2.05) is 0 Å². The lowest BCUT2D eigenvalue weighted by atomic mass is 9.57. The molecule has 2 bridgehead atoms. The molecule has 3 fully saturated rings. The van der Waals surface area contributed by atoms with Gasteiger partial charge in [0.25, 0.3) is 0 Å². The normalized spacial score (nSPS) is 39.3. The maximum absolute atomic E-state index is 12.9. The zero-order chi connectivity index (χ0) is 16.8. The van der Waals surface area contributed by atoms with E-state index in [0.717, 1.165) is 37.9 Å². The van der Waals surface area contributed by atoms with E-state index >= 15 is 0 Å². The number of para-hydroxylation sites is 1. The summed E-state index contributed by atoms with van der Waals surface area (Å²) in [6.07, 6.45) is 7.55. The second-order valence-electron chi connectivity index (χ2n) is 8.03. The van der Waals surface area contributed by atoms with Gasteiger partial charge in [-0.05, 0) is 48.2 Å². The van der Waals surface area contributed by atoms with E-state index in [1.165, 1.54) is 16.7 Å². The van der Waals surface area contributed by atoms with Gasteiger partial charge in [-0.1, -0.05) is 24.3 Å². The molecule has 1 aliphatic carbocycles. The van der Waals surface area contributed by atoms with Crippen LogP contribution >= 0.6 is 0 Å². The van der Waals surface area contributed by atoms with Crippen LogP contribution in [0.1, 0.15) is 24.8 Å². The summed E-state index contributed by atoms with van der Waals surface area (Å²) < 4.78 is 0. The molecule has 1 aromatic carbocycles. The van der Waals surface area contributed by atoms with Crippen molar-refractivity contribution in [3.05, 3.63) is 53.1 Å². The Labute approximate surface area is 146 Å². The molecule has 0 unspecified atom stereocenters. The van der Waals surface area contributed by atoms with E-state index in [2.05, 4.69) is 40.1 Å². The number of allylic oxidation sites excluding steroid dienone is 1. The van der Waals surface area contributed by atoms with Crippen LogP contribution in [0.4, 0.5) is 5.69 Å². The monoisotopic (exact) mass is 332 g/mol. The Morgan fingerprint density at radius 2 is 2.12 bits per heavy atom. The number of anilines is 1. The van der Waals surface area contributed by atoms with Crippen molar-refractivity contribution in [3.63, 3.8) is 0 Å². The van der Waals surface area contributed by atoms with E-state index in [-0.39, 0.29) is 17.4 Å². The van der Waals surface area contributed by atoms with Crippen LogP contribution < -0.4 is 4.90 Å². The van der Waals surface area contributed by atoms with E-state index in [9.17, 15) is 9.59 Å². The van der Waals surface area contributed by atoms with Gasteiger partial charge in [0.05, 0.1) is 6.04 Å². The number of rotatable bonds is 1. The molecule has 126 valence electrons. The van der Waals surface area contributed by atoms with Crippen LogP contribution in [-0.2, 0) is 15.0 Å². The van der Waals surface area contributed by atoms with Gasteiger partial charge in [-0.2, -0.15) is 0 Å². The van der Waals surface area contributed by atoms with Crippen molar-refractivity contribution in [2.75, 3.05) is 18.0 Å². The van der Waals surface area contributed by atoms with Gasteiger partial charge in [0.2, 0.25) is 5.91 Å². The molecule has 1 amide bonds. The van der Waals surface area contributed by atoms with Crippen molar-refractivity contribution in [1.29, 1.82) is 0 Å². The van der Waals surface area contributed by atoms with Crippen LogP contribution in [-0.4, -0.2) is 42.3 Å². The zero-order valence-electron chi connectivity index (χ0n) is 14.0. The minimum atomic E-state index is 0.0434. The Balaban J connectivity index is 1.65. The molecule has 2 saturated heterocycles. The van der Waals surface area contributed by atoms with Crippen molar-refractivity contribution < 1.29 is 9.59 Å². The van der Waals surface area contributed by atoms with Gasteiger partial charge in [0, 0.05) is 36.0 Å². The van der Waals surface area contributed by atoms with Gasteiger partial charge in [0.1, 0.15) is 6.29 Å². The molecule has 6 rings (SSSR count). The van der Waals surface area contributed by atoms with Crippen LogP contribution in [0.5, 0.6) is 0 Å². The van der Waals surface area contributed by atoms with Crippen molar-refractivity contribution in [1.82, 2.24) is 4.90 Å². The summed E-state index contributed by atoms with van der Waals surface area (Å²) in [5.41, 5.74) is 5.16. The van der Waals surface area contributed by atoms with E-state index in [0.29, 0.717) is 18.4 Å². The summed E-state index contributed by atoms with van der Waals surface area (Å²) in [6, 6.07) is 9.16. The number of aldehydes is 1. The SMILES string of the molecule is O=C/C=C1/CN2CC[C@@]34c5ccccc5N5C(=O)CC=C([C@H]1C[C@H]23)[C@H]54. The van der Waals surface area contributed by atoms with Crippen molar-refractivity contribution >= 4 is 17.9 Å². The Morgan fingerprint density at radius 3 is 3.00 bits per heavy atom. The Kier molecular flexibility index (Phi) is 2.52. The highest BCUT2D eigenvalue weighted by Crippen LogP contribution is 2.63. The molecule has 0 radical (unpaired) electrons. The molecular weight excluding hydrogens is 312 g/mol. The zero-order valence-corrected chi connectivity index (χ0v) is 14.0. The number of carbonyl (C=O) groups is 2. The van der Waals surface area contributed by atoms with Crippen molar-refractivity contribution in [2.45, 2.75) is 36.8 Å². The predicted molar refractivity (Wildman–Crippen MR) is 94.3 cm³/mol. The number of piperidine rings is 1. The predicted octanol–water partition coefficient (Wildman–Crippen LogP) is 2.20. The lowest BCUT2D eigenvalue weighted by Gasteiger charge is -2.54. The van der Waals surface area contributed by atoms with Gasteiger partial charge in [-0.3, -0.25) is 14.5 Å². The van der Waals surface area contributed by atoms with Gasteiger partial charge >= 0.3 is 0 Å². The molecule has 4 aliphatic heterocycles. The molecule has 0 N–H and O–H groups in total. The number of amides is 1. The fourth-order valence-corrected chi connectivity index (χ4v) is 6.55. The third-order valence-electron chi connectivity index (χ3n) is 7.33. The summed E-state index contributed by atoms with van der Waals surface area (Å²) in [5, 5.41) is 0. The number of carbonyl (C=O) groups excluding carboxylic acids is 2. The summed E-state index contributed by atoms with van der Waals surface area (Å²) in [5.74, 6) is 0.546. The largest absolute Gasteiger partial charge is 0.304 e. The summed E-state index contributed by atoms with van der Waals surface area (Å²) in [6.45, 7) is 1.95. The first-order valence-electron chi connectivity index (χ1n) is 9.25. The van der Waals surface area contributed by atoms with Crippen LogP contribution in [0.15, 0.2) is 47.6 Å². The molecule has 4 heterocycles. The highest BCUT2D eigenvalue weighted by atomic mass is 16.2. The lowest BCUT2D eigenvalue weighted by Crippen LogP contribution is -2.62. The summed E-state index contributed by atoms with van der Waals surface area (Å²) in [4.78, 5) is 28.7. The van der Waals surface area contributed by atoms with Crippen LogP contribution in [0, 0.1) is 5.92 Å². The van der Waals surface area contributed by atoms with Crippen LogP contribution in [0.2, 0.25) is 0 Å². The first kappa shape index (κ1) is 14.0. The molecule has 1 saturated carbocycles.